The number of urea groups is 1. The molecule has 0 saturated carbocycles. The normalized spacial score (nSPS) is 18.6. The largest absolute Gasteiger partial charge is 0.463 e. The molecule has 1 atom stereocenters. The van der Waals surface area contributed by atoms with Gasteiger partial charge in [0.25, 0.3) is 0 Å². The van der Waals surface area contributed by atoms with Crippen LogP contribution in [0.2, 0.25) is 0 Å². The molecule has 6 heteroatoms. The van der Waals surface area contributed by atoms with E-state index in [1.807, 2.05) is 24.3 Å². The summed E-state index contributed by atoms with van der Waals surface area (Å²) in [5.74, 6) is -0.397. The molecule has 0 aliphatic carbocycles. The lowest BCUT2D eigenvalue weighted by molar-refractivity contribution is -0.139. The number of carbonyl (C=O) groups excluding carboxylic acids is 2. The van der Waals surface area contributed by atoms with Crippen molar-refractivity contribution < 1.29 is 14.3 Å². The number of amides is 2. The third kappa shape index (κ3) is 3.04. The Hall–Kier alpha value is -1.57. The number of nitrogens with zero attached hydrogens (tertiary/aromatic N) is 1. The zero-order valence-corrected chi connectivity index (χ0v) is 14.3. The minimum atomic E-state index is -0.485. The van der Waals surface area contributed by atoms with Crippen LogP contribution in [0.15, 0.2) is 35.5 Å². The van der Waals surface area contributed by atoms with Crippen LogP contribution >= 0.6 is 22.6 Å². The van der Waals surface area contributed by atoms with E-state index in [9.17, 15) is 9.59 Å². The number of halogens is 1. The average Bonchev–Trinajstić information content (AvgIpc) is 2.45. The highest BCUT2D eigenvalue weighted by Gasteiger charge is 2.35. The first-order chi connectivity index (χ1) is 9.97. The number of benzene rings is 1. The van der Waals surface area contributed by atoms with E-state index in [0.717, 1.165) is 9.13 Å². The van der Waals surface area contributed by atoms with Crippen LogP contribution in [0.25, 0.3) is 0 Å². The van der Waals surface area contributed by atoms with Crippen molar-refractivity contribution in [1.29, 1.82) is 0 Å². The van der Waals surface area contributed by atoms with Gasteiger partial charge in [-0.2, -0.15) is 0 Å². The number of hydrogen-bond acceptors (Lipinski definition) is 3. The first-order valence-electron chi connectivity index (χ1n) is 6.63. The van der Waals surface area contributed by atoms with Gasteiger partial charge < -0.3 is 15.0 Å². The summed E-state index contributed by atoms with van der Waals surface area (Å²) in [6, 6.07) is 6.94. The Morgan fingerprint density at radius 1 is 1.43 bits per heavy atom. The van der Waals surface area contributed by atoms with Gasteiger partial charge in [0, 0.05) is 16.3 Å². The molecule has 0 saturated heterocycles. The smallest absolute Gasteiger partial charge is 0.338 e. The van der Waals surface area contributed by atoms with Crippen molar-refractivity contribution in [3.05, 3.63) is 44.7 Å². The van der Waals surface area contributed by atoms with Crippen LogP contribution in [0.1, 0.15) is 25.5 Å². The SMILES string of the molecule is CCOC(=O)C1=C(C)N(C)C(=O)N[C@@H]1c1ccccc1I. The Balaban J connectivity index is 2.54. The van der Waals surface area contributed by atoms with Gasteiger partial charge in [-0.1, -0.05) is 18.2 Å². The fourth-order valence-corrected chi connectivity index (χ4v) is 2.95. The molecule has 1 aliphatic heterocycles. The fraction of sp³-hybridized carbons (Fsp3) is 0.333. The molecule has 1 aromatic carbocycles. The van der Waals surface area contributed by atoms with Gasteiger partial charge in [-0.15, -0.1) is 0 Å². The molecular weight excluding hydrogens is 383 g/mol. The van der Waals surface area contributed by atoms with Crippen molar-refractivity contribution in [2.24, 2.45) is 0 Å². The Morgan fingerprint density at radius 2 is 2.10 bits per heavy atom. The number of allylic oxidation sites excluding steroid dienone is 1. The Bertz CT molecular complexity index is 613. The number of carbonyl (C=O) groups is 2. The lowest BCUT2D eigenvalue weighted by atomic mass is 9.95. The summed E-state index contributed by atoms with van der Waals surface area (Å²) in [5.41, 5.74) is 1.98. The minimum absolute atomic E-state index is 0.231. The Kier molecular flexibility index (Phi) is 4.87. The van der Waals surface area contributed by atoms with Gasteiger partial charge in [0.05, 0.1) is 18.2 Å². The van der Waals surface area contributed by atoms with Gasteiger partial charge in [0.2, 0.25) is 0 Å². The van der Waals surface area contributed by atoms with Gasteiger partial charge in [0.1, 0.15) is 0 Å². The minimum Gasteiger partial charge on any atom is -0.463 e. The number of rotatable bonds is 3. The highest BCUT2D eigenvalue weighted by molar-refractivity contribution is 14.1. The molecule has 0 aromatic heterocycles. The van der Waals surface area contributed by atoms with E-state index in [0.29, 0.717) is 17.9 Å². The van der Waals surface area contributed by atoms with Crippen molar-refractivity contribution in [3.8, 4) is 0 Å². The molecule has 1 aliphatic rings. The lowest BCUT2D eigenvalue weighted by Gasteiger charge is -2.33. The van der Waals surface area contributed by atoms with E-state index < -0.39 is 12.0 Å². The van der Waals surface area contributed by atoms with Crippen molar-refractivity contribution in [1.82, 2.24) is 10.2 Å². The van der Waals surface area contributed by atoms with E-state index in [1.165, 1.54) is 4.90 Å². The quantitative estimate of drug-likeness (QED) is 0.627. The summed E-state index contributed by atoms with van der Waals surface area (Å²) in [7, 11) is 1.63. The second-order valence-corrected chi connectivity index (χ2v) is 5.84. The highest BCUT2D eigenvalue weighted by atomic mass is 127. The summed E-state index contributed by atoms with van der Waals surface area (Å²) in [5, 5.41) is 2.87. The predicted octanol–water partition coefficient (Wildman–Crippen LogP) is 2.82. The Morgan fingerprint density at radius 3 is 2.71 bits per heavy atom. The molecule has 0 radical (unpaired) electrons. The maximum Gasteiger partial charge on any atom is 0.338 e. The van der Waals surface area contributed by atoms with Crippen LogP contribution in [0, 0.1) is 3.57 Å². The van der Waals surface area contributed by atoms with E-state index in [2.05, 4.69) is 27.9 Å². The number of hydrogen-bond donors (Lipinski definition) is 1. The number of ether oxygens (including phenoxy) is 1. The first kappa shape index (κ1) is 15.8. The molecule has 1 heterocycles. The molecule has 1 N–H and O–H groups in total. The molecular formula is C15H17IN2O3. The topological polar surface area (TPSA) is 58.6 Å². The predicted molar refractivity (Wildman–Crippen MR) is 87.5 cm³/mol. The molecule has 5 nitrogen and oxygen atoms in total. The third-order valence-corrected chi connectivity index (χ3v) is 4.45. The van der Waals surface area contributed by atoms with Crippen molar-refractivity contribution in [2.75, 3.05) is 13.7 Å². The molecule has 2 rings (SSSR count). The maximum absolute atomic E-state index is 12.3. The molecule has 0 unspecified atom stereocenters. The van der Waals surface area contributed by atoms with Crippen LogP contribution in [0.4, 0.5) is 4.79 Å². The van der Waals surface area contributed by atoms with E-state index >= 15 is 0 Å². The molecule has 0 fully saturated rings. The van der Waals surface area contributed by atoms with Gasteiger partial charge in [0.15, 0.2) is 0 Å². The number of esters is 1. The second kappa shape index (κ2) is 6.46. The van der Waals surface area contributed by atoms with Crippen LogP contribution in [0.5, 0.6) is 0 Å². The van der Waals surface area contributed by atoms with Gasteiger partial charge >= 0.3 is 12.0 Å². The van der Waals surface area contributed by atoms with Gasteiger partial charge in [-0.05, 0) is 48.1 Å². The highest BCUT2D eigenvalue weighted by Crippen LogP contribution is 2.32. The summed E-state index contributed by atoms with van der Waals surface area (Å²) >= 11 is 2.20. The van der Waals surface area contributed by atoms with Crippen LogP contribution in [0.3, 0.4) is 0 Å². The summed E-state index contributed by atoms with van der Waals surface area (Å²) < 4.78 is 6.14. The number of nitrogens with one attached hydrogen (secondary N) is 1. The van der Waals surface area contributed by atoms with E-state index in [1.54, 1.807) is 20.9 Å². The van der Waals surface area contributed by atoms with E-state index in [-0.39, 0.29) is 6.03 Å². The molecule has 112 valence electrons. The summed E-state index contributed by atoms with van der Waals surface area (Å²) in [6.07, 6.45) is 0. The summed E-state index contributed by atoms with van der Waals surface area (Å²) in [4.78, 5) is 25.8. The van der Waals surface area contributed by atoms with Crippen LogP contribution in [-0.2, 0) is 9.53 Å². The molecule has 2 amide bonds. The molecule has 21 heavy (non-hydrogen) atoms. The van der Waals surface area contributed by atoms with Crippen LogP contribution in [-0.4, -0.2) is 30.6 Å². The molecule has 1 aromatic rings. The standard InChI is InChI=1S/C15H17IN2O3/c1-4-21-14(19)12-9(2)18(3)15(20)17-13(12)10-7-5-6-8-11(10)16/h5-8,13H,4H2,1-3H3,(H,17,20)/t13-/m1/s1. The van der Waals surface area contributed by atoms with Crippen LogP contribution < -0.4 is 5.32 Å². The van der Waals surface area contributed by atoms with Gasteiger partial charge in [-0.3, -0.25) is 0 Å². The zero-order chi connectivity index (χ0) is 15.6. The van der Waals surface area contributed by atoms with Crippen molar-refractivity contribution >= 4 is 34.6 Å². The van der Waals surface area contributed by atoms with E-state index in [4.69, 9.17) is 4.74 Å². The molecule has 0 bridgehead atoms. The zero-order valence-electron chi connectivity index (χ0n) is 12.1. The maximum atomic E-state index is 12.3. The second-order valence-electron chi connectivity index (χ2n) is 4.68. The monoisotopic (exact) mass is 400 g/mol. The first-order valence-corrected chi connectivity index (χ1v) is 7.71. The molecule has 0 spiro atoms. The average molecular weight is 400 g/mol. The van der Waals surface area contributed by atoms with Crippen molar-refractivity contribution in [2.45, 2.75) is 19.9 Å². The third-order valence-electron chi connectivity index (χ3n) is 3.47. The lowest BCUT2D eigenvalue weighted by Crippen LogP contribution is -2.46. The fourth-order valence-electron chi connectivity index (χ4n) is 2.25. The summed E-state index contributed by atoms with van der Waals surface area (Å²) in [6.45, 7) is 3.82. The van der Waals surface area contributed by atoms with Crippen molar-refractivity contribution in [3.63, 3.8) is 0 Å². The van der Waals surface area contributed by atoms with Gasteiger partial charge in [-0.25, -0.2) is 9.59 Å². The Labute approximate surface area is 137 Å².